The van der Waals surface area contributed by atoms with E-state index in [1.165, 1.54) is 0 Å². The van der Waals surface area contributed by atoms with Crippen LogP contribution in [-0.2, 0) is 0 Å². The van der Waals surface area contributed by atoms with E-state index in [4.69, 9.17) is 5.84 Å². The van der Waals surface area contributed by atoms with Gasteiger partial charge in [0.15, 0.2) is 0 Å². The van der Waals surface area contributed by atoms with E-state index in [9.17, 15) is 0 Å². The standard InChI is InChI=1S/C13H31N3/c1-8-13(7,16(9-2)10-3)11(15-14)12(4,5)6/h11,15H,8-10,14H2,1-7H3. The molecule has 0 saturated carbocycles. The van der Waals surface area contributed by atoms with Crippen molar-refractivity contribution in [2.24, 2.45) is 11.3 Å². The molecule has 0 radical (unpaired) electrons. The lowest BCUT2D eigenvalue weighted by Crippen LogP contribution is -2.65. The van der Waals surface area contributed by atoms with E-state index in [1.807, 2.05) is 0 Å². The Labute approximate surface area is 102 Å². The van der Waals surface area contributed by atoms with Crippen LogP contribution in [0.4, 0.5) is 0 Å². The maximum Gasteiger partial charge on any atom is 0.0440 e. The zero-order chi connectivity index (χ0) is 13.0. The van der Waals surface area contributed by atoms with Crippen molar-refractivity contribution in [3.63, 3.8) is 0 Å². The van der Waals surface area contributed by atoms with Crippen molar-refractivity contribution in [3.05, 3.63) is 0 Å². The topological polar surface area (TPSA) is 41.3 Å². The van der Waals surface area contributed by atoms with Crippen LogP contribution in [0.5, 0.6) is 0 Å². The third-order valence-corrected chi connectivity index (χ3v) is 3.86. The van der Waals surface area contributed by atoms with Gasteiger partial charge in [0.05, 0.1) is 0 Å². The molecular formula is C13H31N3. The van der Waals surface area contributed by atoms with Crippen LogP contribution in [0, 0.1) is 5.41 Å². The molecule has 0 amide bonds. The first-order valence-corrected chi connectivity index (χ1v) is 6.49. The summed E-state index contributed by atoms with van der Waals surface area (Å²) in [6.45, 7) is 17.9. The van der Waals surface area contributed by atoms with E-state index in [2.05, 4.69) is 58.8 Å². The van der Waals surface area contributed by atoms with E-state index in [1.54, 1.807) is 0 Å². The fourth-order valence-electron chi connectivity index (χ4n) is 2.92. The third kappa shape index (κ3) is 3.19. The maximum absolute atomic E-state index is 5.79. The van der Waals surface area contributed by atoms with Crippen LogP contribution in [0.2, 0.25) is 0 Å². The maximum atomic E-state index is 5.79. The van der Waals surface area contributed by atoms with Crippen LogP contribution in [0.1, 0.15) is 54.9 Å². The van der Waals surface area contributed by atoms with Crippen LogP contribution in [-0.4, -0.2) is 29.6 Å². The molecule has 3 heteroatoms. The van der Waals surface area contributed by atoms with Gasteiger partial charge in [0.2, 0.25) is 0 Å². The Kier molecular flexibility index (Phi) is 5.94. The highest BCUT2D eigenvalue weighted by Gasteiger charge is 2.42. The van der Waals surface area contributed by atoms with E-state index < -0.39 is 0 Å². The molecule has 2 atom stereocenters. The Balaban J connectivity index is 5.18. The van der Waals surface area contributed by atoms with Gasteiger partial charge < -0.3 is 0 Å². The smallest absolute Gasteiger partial charge is 0.0440 e. The molecule has 0 fully saturated rings. The normalized spacial score (nSPS) is 18.6. The van der Waals surface area contributed by atoms with Crippen molar-refractivity contribution in [1.82, 2.24) is 10.3 Å². The number of hydrogen-bond acceptors (Lipinski definition) is 3. The molecule has 0 aromatic heterocycles. The van der Waals surface area contributed by atoms with Gasteiger partial charge >= 0.3 is 0 Å². The molecule has 0 aromatic carbocycles. The summed E-state index contributed by atoms with van der Waals surface area (Å²) in [6.07, 6.45) is 1.10. The Morgan fingerprint density at radius 3 is 1.69 bits per heavy atom. The van der Waals surface area contributed by atoms with Crippen molar-refractivity contribution in [3.8, 4) is 0 Å². The predicted octanol–water partition coefficient (Wildman–Crippen LogP) is 2.37. The quantitative estimate of drug-likeness (QED) is 0.543. The highest BCUT2D eigenvalue weighted by atomic mass is 15.3. The first-order valence-electron chi connectivity index (χ1n) is 6.49. The summed E-state index contributed by atoms with van der Waals surface area (Å²) < 4.78 is 0. The molecule has 3 N–H and O–H groups in total. The first kappa shape index (κ1) is 15.9. The number of likely N-dealkylation sites (N-methyl/N-ethyl adjacent to an activating group) is 1. The van der Waals surface area contributed by atoms with Crippen molar-refractivity contribution in [1.29, 1.82) is 0 Å². The fourth-order valence-corrected chi connectivity index (χ4v) is 2.92. The molecule has 0 bridgehead atoms. The number of nitrogens with zero attached hydrogens (tertiary/aromatic N) is 1. The Bertz CT molecular complexity index is 194. The monoisotopic (exact) mass is 229 g/mol. The zero-order valence-electron chi connectivity index (χ0n) is 12.2. The van der Waals surface area contributed by atoms with Crippen molar-refractivity contribution in [2.45, 2.75) is 66.5 Å². The molecule has 0 aliphatic carbocycles. The third-order valence-electron chi connectivity index (χ3n) is 3.86. The van der Waals surface area contributed by atoms with E-state index in [-0.39, 0.29) is 17.0 Å². The SMILES string of the molecule is CCN(CC)C(C)(CC)C(NN)C(C)(C)C. The van der Waals surface area contributed by atoms with Crippen molar-refractivity contribution < 1.29 is 0 Å². The molecule has 0 aliphatic heterocycles. The van der Waals surface area contributed by atoms with E-state index in [0.717, 1.165) is 19.5 Å². The minimum Gasteiger partial charge on any atom is -0.297 e. The average molecular weight is 229 g/mol. The van der Waals surface area contributed by atoms with Gasteiger partial charge in [-0.3, -0.25) is 16.2 Å². The lowest BCUT2D eigenvalue weighted by atomic mass is 9.73. The molecule has 0 rings (SSSR count). The van der Waals surface area contributed by atoms with Crippen molar-refractivity contribution in [2.75, 3.05) is 13.1 Å². The summed E-state index contributed by atoms with van der Waals surface area (Å²) in [5, 5.41) is 0. The summed E-state index contributed by atoms with van der Waals surface area (Å²) in [4.78, 5) is 2.50. The first-order chi connectivity index (χ1) is 7.27. The summed E-state index contributed by atoms with van der Waals surface area (Å²) in [6, 6.07) is 0.282. The minimum atomic E-state index is 0.108. The largest absolute Gasteiger partial charge is 0.297 e. The van der Waals surface area contributed by atoms with Crippen LogP contribution in [0.25, 0.3) is 0 Å². The molecule has 0 aromatic rings. The minimum absolute atomic E-state index is 0.108. The summed E-state index contributed by atoms with van der Waals surface area (Å²) >= 11 is 0. The number of rotatable bonds is 6. The van der Waals surface area contributed by atoms with Gasteiger partial charge in [-0.15, -0.1) is 0 Å². The molecule has 0 heterocycles. The van der Waals surface area contributed by atoms with Crippen LogP contribution in [0.15, 0.2) is 0 Å². The van der Waals surface area contributed by atoms with Gasteiger partial charge in [-0.05, 0) is 31.8 Å². The molecule has 2 unspecified atom stereocenters. The van der Waals surface area contributed by atoms with E-state index in [0.29, 0.717) is 0 Å². The number of nitrogens with one attached hydrogen (secondary N) is 1. The van der Waals surface area contributed by atoms with Gasteiger partial charge in [-0.1, -0.05) is 41.5 Å². The Morgan fingerprint density at radius 2 is 1.50 bits per heavy atom. The Morgan fingerprint density at radius 1 is 1.06 bits per heavy atom. The molecule has 98 valence electrons. The number of hydrazine groups is 1. The fraction of sp³-hybridized carbons (Fsp3) is 1.00. The molecule has 16 heavy (non-hydrogen) atoms. The second kappa shape index (κ2) is 5.99. The molecule has 3 nitrogen and oxygen atoms in total. The predicted molar refractivity (Wildman–Crippen MR) is 72.2 cm³/mol. The zero-order valence-corrected chi connectivity index (χ0v) is 12.2. The van der Waals surface area contributed by atoms with Crippen molar-refractivity contribution >= 4 is 0 Å². The van der Waals surface area contributed by atoms with Gasteiger partial charge in [0, 0.05) is 11.6 Å². The second-order valence-electron chi connectivity index (χ2n) is 5.85. The summed E-state index contributed by atoms with van der Waals surface area (Å²) in [5.41, 5.74) is 3.30. The van der Waals surface area contributed by atoms with Gasteiger partial charge in [0.1, 0.15) is 0 Å². The van der Waals surface area contributed by atoms with Gasteiger partial charge in [-0.25, -0.2) is 0 Å². The van der Waals surface area contributed by atoms with Crippen LogP contribution in [0.3, 0.4) is 0 Å². The van der Waals surface area contributed by atoms with E-state index >= 15 is 0 Å². The average Bonchev–Trinajstić information content (AvgIpc) is 2.18. The van der Waals surface area contributed by atoms with Gasteiger partial charge in [0.25, 0.3) is 0 Å². The lowest BCUT2D eigenvalue weighted by molar-refractivity contribution is 0.0248. The molecular weight excluding hydrogens is 198 g/mol. The summed E-state index contributed by atoms with van der Waals surface area (Å²) in [7, 11) is 0. The van der Waals surface area contributed by atoms with Gasteiger partial charge in [-0.2, -0.15) is 0 Å². The molecule has 0 saturated heterocycles. The highest BCUT2D eigenvalue weighted by Crippen LogP contribution is 2.33. The van der Waals surface area contributed by atoms with Crippen LogP contribution < -0.4 is 11.3 Å². The number of nitrogens with two attached hydrogens (primary N) is 1. The highest BCUT2D eigenvalue weighted by molar-refractivity contribution is 5.00. The Hall–Kier alpha value is -0.120. The van der Waals surface area contributed by atoms with Crippen LogP contribution >= 0.6 is 0 Å². The molecule has 0 aliphatic rings. The second-order valence-corrected chi connectivity index (χ2v) is 5.85. The number of hydrogen-bond donors (Lipinski definition) is 2. The summed E-state index contributed by atoms with van der Waals surface area (Å²) in [5.74, 6) is 5.79. The lowest BCUT2D eigenvalue weighted by Gasteiger charge is -2.50. The molecule has 0 spiro atoms.